The van der Waals surface area contributed by atoms with Crippen LogP contribution in [0, 0.1) is 0 Å². The molecule has 0 fully saturated rings. The molecule has 2 aromatic heterocycles. The maximum absolute atomic E-state index is 11.8. The van der Waals surface area contributed by atoms with Gasteiger partial charge in [0.25, 0.3) is 0 Å². The second-order valence-corrected chi connectivity index (χ2v) is 6.25. The molecule has 4 rings (SSSR count). The van der Waals surface area contributed by atoms with Crippen molar-refractivity contribution >= 4 is 21.9 Å². The van der Waals surface area contributed by atoms with Crippen molar-refractivity contribution in [2.75, 3.05) is 0 Å². The Morgan fingerprint density at radius 2 is 1.82 bits per heavy atom. The van der Waals surface area contributed by atoms with Crippen molar-refractivity contribution < 1.29 is 8.83 Å². The highest BCUT2D eigenvalue weighted by molar-refractivity contribution is 5.96. The summed E-state index contributed by atoms with van der Waals surface area (Å²) in [6.07, 6.45) is 7.66. The Hall–Kier alpha value is -2.03. The van der Waals surface area contributed by atoms with Crippen LogP contribution in [0.15, 0.2) is 31.8 Å². The van der Waals surface area contributed by atoms with Gasteiger partial charge in [0.2, 0.25) is 0 Å². The Bertz CT molecular complexity index is 898. The third-order valence-corrected chi connectivity index (χ3v) is 4.71. The van der Waals surface area contributed by atoms with E-state index in [1.54, 1.807) is 6.07 Å². The fourth-order valence-electron chi connectivity index (χ4n) is 3.56. The van der Waals surface area contributed by atoms with Crippen LogP contribution in [-0.4, -0.2) is 0 Å². The van der Waals surface area contributed by atoms with Gasteiger partial charge in [-0.3, -0.25) is 0 Å². The van der Waals surface area contributed by atoms with Crippen LogP contribution >= 0.6 is 0 Å². The molecule has 0 spiro atoms. The summed E-state index contributed by atoms with van der Waals surface area (Å²) in [7, 11) is 0. The molecule has 3 heteroatoms. The van der Waals surface area contributed by atoms with Gasteiger partial charge in [0.15, 0.2) is 0 Å². The minimum Gasteiger partial charge on any atom is -0.461 e. The molecule has 1 aromatic carbocycles. The number of hydrogen-bond acceptors (Lipinski definition) is 3. The maximum Gasteiger partial charge on any atom is 0.336 e. The third-order valence-electron chi connectivity index (χ3n) is 4.71. The number of fused-ring (bicyclic) bond motifs is 4. The van der Waals surface area contributed by atoms with Gasteiger partial charge in [-0.15, -0.1) is 0 Å². The number of furan rings is 1. The lowest BCUT2D eigenvalue weighted by Gasteiger charge is -2.09. The normalized spacial score (nSPS) is 14.6. The summed E-state index contributed by atoms with van der Waals surface area (Å²) < 4.78 is 11.4. The molecule has 0 unspecified atom stereocenters. The standard InChI is InChI=1S/C19H20O3/c1-2-3-6-12-9-19(20)22-17-11-18-15(10-14(12)17)13-7-4-5-8-16(13)21-18/h9-11H,2-8H2,1H3. The van der Waals surface area contributed by atoms with Crippen LogP contribution in [-0.2, 0) is 19.3 Å². The van der Waals surface area contributed by atoms with Crippen LogP contribution in [0.1, 0.15) is 49.5 Å². The van der Waals surface area contributed by atoms with E-state index in [-0.39, 0.29) is 5.63 Å². The average Bonchev–Trinajstić information content (AvgIpc) is 2.88. The largest absolute Gasteiger partial charge is 0.461 e. The van der Waals surface area contributed by atoms with Crippen molar-refractivity contribution in [1.82, 2.24) is 0 Å². The summed E-state index contributed by atoms with van der Waals surface area (Å²) in [4.78, 5) is 11.8. The fourth-order valence-corrected chi connectivity index (χ4v) is 3.56. The molecule has 1 aliphatic carbocycles. The molecular weight excluding hydrogens is 276 g/mol. The zero-order valence-electron chi connectivity index (χ0n) is 12.9. The topological polar surface area (TPSA) is 43.4 Å². The average molecular weight is 296 g/mol. The minimum atomic E-state index is -0.269. The predicted octanol–water partition coefficient (Wildman–Crippen LogP) is 4.76. The van der Waals surface area contributed by atoms with E-state index in [1.807, 2.05) is 6.07 Å². The zero-order valence-corrected chi connectivity index (χ0v) is 12.9. The smallest absolute Gasteiger partial charge is 0.336 e. The Morgan fingerprint density at radius 3 is 2.68 bits per heavy atom. The van der Waals surface area contributed by atoms with Gasteiger partial charge in [0, 0.05) is 34.9 Å². The maximum atomic E-state index is 11.8. The second kappa shape index (κ2) is 5.31. The van der Waals surface area contributed by atoms with Crippen molar-refractivity contribution in [3.63, 3.8) is 0 Å². The molecule has 1 aliphatic rings. The summed E-state index contributed by atoms with van der Waals surface area (Å²) in [5.74, 6) is 1.12. The first-order valence-electron chi connectivity index (χ1n) is 8.27. The third kappa shape index (κ3) is 2.16. The lowest BCUT2D eigenvalue weighted by Crippen LogP contribution is -2.01. The highest BCUT2D eigenvalue weighted by Crippen LogP contribution is 2.35. The quantitative estimate of drug-likeness (QED) is 0.654. The van der Waals surface area contributed by atoms with E-state index in [0.717, 1.165) is 54.4 Å². The van der Waals surface area contributed by atoms with Crippen LogP contribution in [0.4, 0.5) is 0 Å². The molecule has 3 aromatic rings. The van der Waals surface area contributed by atoms with Gasteiger partial charge in [-0.05, 0) is 43.7 Å². The first-order valence-corrected chi connectivity index (χ1v) is 8.27. The molecule has 22 heavy (non-hydrogen) atoms. The molecule has 0 N–H and O–H groups in total. The van der Waals surface area contributed by atoms with Crippen LogP contribution in [0.2, 0.25) is 0 Å². The summed E-state index contributed by atoms with van der Waals surface area (Å²) in [6, 6.07) is 5.72. The van der Waals surface area contributed by atoms with Crippen LogP contribution in [0.5, 0.6) is 0 Å². The monoisotopic (exact) mass is 296 g/mol. The number of unbranched alkanes of at least 4 members (excludes halogenated alkanes) is 1. The molecule has 0 amide bonds. The Balaban J connectivity index is 1.98. The Kier molecular flexibility index (Phi) is 3.29. The van der Waals surface area contributed by atoms with Crippen molar-refractivity contribution in [3.8, 4) is 0 Å². The van der Waals surface area contributed by atoms with Gasteiger partial charge in [-0.2, -0.15) is 0 Å². The van der Waals surface area contributed by atoms with Crippen molar-refractivity contribution in [1.29, 1.82) is 0 Å². The molecule has 0 saturated heterocycles. The summed E-state index contributed by atoms with van der Waals surface area (Å²) in [5, 5.41) is 2.27. The van der Waals surface area contributed by atoms with Crippen molar-refractivity contribution in [2.24, 2.45) is 0 Å². The lowest BCUT2D eigenvalue weighted by molar-refractivity contribution is 0.505. The second-order valence-electron chi connectivity index (χ2n) is 6.25. The van der Waals surface area contributed by atoms with Gasteiger partial charge in [0.05, 0.1) is 0 Å². The number of hydrogen-bond donors (Lipinski definition) is 0. The van der Waals surface area contributed by atoms with Crippen molar-refractivity contribution in [3.05, 3.63) is 45.5 Å². The summed E-state index contributed by atoms with van der Waals surface area (Å²) in [6.45, 7) is 2.16. The van der Waals surface area contributed by atoms with Crippen LogP contribution < -0.4 is 5.63 Å². The van der Waals surface area contributed by atoms with Crippen LogP contribution in [0.3, 0.4) is 0 Å². The first-order chi connectivity index (χ1) is 10.8. The van der Waals surface area contributed by atoms with E-state index in [1.165, 1.54) is 23.8 Å². The minimum absolute atomic E-state index is 0.269. The number of rotatable bonds is 3. The summed E-state index contributed by atoms with van der Waals surface area (Å²) >= 11 is 0. The van der Waals surface area contributed by atoms with Gasteiger partial charge in [-0.1, -0.05) is 13.3 Å². The molecule has 114 valence electrons. The van der Waals surface area contributed by atoms with E-state index in [9.17, 15) is 4.79 Å². The van der Waals surface area contributed by atoms with Gasteiger partial charge in [0.1, 0.15) is 16.9 Å². The predicted molar refractivity (Wildman–Crippen MR) is 87.5 cm³/mol. The zero-order chi connectivity index (χ0) is 15.1. The van der Waals surface area contributed by atoms with Gasteiger partial charge >= 0.3 is 5.63 Å². The molecule has 0 bridgehead atoms. The van der Waals surface area contributed by atoms with Crippen LogP contribution in [0.25, 0.3) is 21.9 Å². The molecule has 3 nitrogen and oxygen atoms in total. The summed E-state index contributed by atoms with van der Waals surface area (Å²) in [5.41, 5.74) is 3.69. The SMILES string of the molecule is CCCCc1cc(=O)oc2cc3oc4c(c3cc12)CCCC4. The Labute approximate surface area is 128 Å². The molecular formula is C19H20O3. The van der Waals surface area contributed by atoms with E-state index in [4.69, 9.17) is 8.83 Å². The molecule has 0 radical (unpaired) electrons. The van der Waals surface area contributed by atoms with Gasteiger partial charge < -0.3 is 8.83 Å². The molecule has 0 aliphatic heterocycles. The lowest BCUT2D eigenvalue weighted by atomic mass is 9.94. The van der Waals surface area contributed by atoms with Gasteiger partial charge in [-0.25, -0.2) is 4.79 Å². The first kappa shape index (κ1) is 13.6. The fraction of sp³-hybridized carbons (Fsp3) is 0.421. The van der Waals surface area contributed by atoms with E-state index in [2.05, 4.69) is 13.0 Å². The van der Waals surface area contributed by atoms with E-state index in [0.29, 0.717) is 5.58 Å². The highest BCUT2D eigenvalue weighted by atomic mass is 16.4. The van der Waals surface area contributed by atoms with Crippen molar-refractivity contribution in [2.45, 2.75) is 51.9 Å². The number of aryl methyl sites for hydroxylation is 3. The highest BCUT2D eigenvalue weighted by Gasteiger charge is 2.19. The molecule has 0 saturated carbocycles. The molecule has 2 heterocycles. The Morgan fingerprint density at radius 1 is 1.00 bits per heavy atom. The van der Waals surface area contributed by atoms with E-state index >= 15 is 0 Å². The number of benzene rings is 1. The molecule has 0 atom stereocenters. The van der Waals surface area contributed by atoms with E-state index < -0.39 is 0 Å².